The smallest absolute Gasteiger partial charge is 0.261 e. The fourth-order valence-corrected chi connectivity index (χ4v) is 3.04. The molecule has 0 radical (unpaired) electrons. The minimum atomic E-state index is 0.0346. The average Bonchev–Trinajstić information content (AvgIpc) is 2.98. The second kappa shape index (κ2) is 7.96. The first-order valence-electron chi connectivity index (χ1n) is 6.22. The summed E-state index contributed by atoms with van der Waals surface area (Å²) in [5, 5.41) is 5.91. The van der Waals surface area contributed by atoms with E-state index in [-0.39, 0.29) is 5.91 Å². The van der Waals surface area contributed by atoms with Gasteiger partial charge in [-0.05, 0) is 42.2 Å². The Balaban J connectivity index is 1.54. The summed E-state index contributed by atoms with van der Waals surface area (Å²) in [5.41, 5.74) is 0. The maximum Gasteiger partial charge on any atom is 0.261 e. The van der Waals surface area contributed by atoms with Crippen molar-refractivity contribution in [2.24, 2.45) is 0 Å². The van der Waals surface area contributed by atoms with Gasteiger partial charge in [-0.25, -0.2) is 4.98 Å². The Morgan fingerprint density at radius 2 is 2.21 bits per heavy atom. The van der Waals surface area contributed by atoms with Crippen LogP contribution in [0.4, 0.5) is 0 Å². The molecule has 0 fully saturated rings. The van der Waals surface area contributed by atoms with Crippen LogP contribution < -0.4 is 5.32 Å². The normalized spacial score (nSPS) is 10.3. The fourth-order valence-electron chi connectivity index (χ4n) is 1.53. The van der Waals surface area contributed by atoms with Crippen molar-refractivity contribution in [1.29, 1.82) is 0 Å². The number of thiophene rings is 1. The number of carbonyl (C=O) groups excluding carboxylic acids is 1. The van der Waals surface area contributed by atoms with Gasteiger partial charge in [0.1, 0.15) is 0 Å². The second-order valence-electron chi connectivity index (χ2n) is 3.96. The quantitative estimate of drug-likeness (QED) is 0.628. The zero-order valence-corrected chi connectivity index (χ0v) is 12.2. The Hall–Kier alpha value is -1.33. The van der Waals surface area contributed by atoms with Crippen LogP contribution in [-0.4, -0.2) is 23.2 Å². The molecular weight excluding hydrogens is 276 g/mol. The van der Waals surface area contributed by atoms with Crippen LogP contribution in [0, 0.1) is 0 Å². The number of amides is 1. The molecule has 1 N–H and O–H groups in total. The molecule has 5 heteroatoms. The molecule has 0 aliphatic heterocycles. The van der Waals surface area contributed by atoms with Crippen LogP contribution in [0.25, 0.3) is 0 Å². The molecule has 3 nitrogen and oxygen atoms in total. The van der Waals surface area contributed by atoms with E-state index in [1.807, 2.05) is 41.9 Å². The predicted octanol–water partition coefficient (Wildman–Crippen LogP) is 3.45. The lowest BCUT2D eigenvalue weighted by atomic mass is 10.3. The van der Waals surface area contributed by atoms with Gasteiger partial charge in [0.15, 0.2) is 0 Å². The van der Waals surface area contributed by atoms with Crippen LogP contribution in [0.2, 0.25) is 0 Å². The molecule has 0 aliphatic rings. The Morgan fingerprint density at radius 3 is 2.95 bits per heavy atom. The zero-order valence-electron chi connectivity index (χ0n) is 10.5. The molecule has 0 saturated heterocycles. The first-order valence-corrected chi connectivity index (χ1v) is 8.08. The average molecular weight is 292 g/mol. The molecule has 2 aromatic heterocycles. The van der Waals surface area contributed by atoms with Crippen LogP contribution in [0.1, 0.15) is 22.5 Å². The maximum atomic E-state index is 11.6. The first kappa shape index (κ1) is 14.1. The van der Waals surface area contributed by atoms with E-state index in [0.29, 0.717) is 0 Å². The van der Waals surface area contributed by atoms with Gasteiger partial charge in [-0.15, -0.1) is 23.1 Å². The number of hydrogen-bond acceptors (Lipinski definition) is 4. The van der Waals surface area contributed by atoms with Crippen molar-refractivity contribution in [2.75, 3.05) is 12.3 Å². The molecule has 0 atom stereocenters. The van der Waals surface area contributed by atoms with Crippen molar-refractivity contribution in [3.05, 3.63) is 46.8 Å². The minimum Gasteiger partial charge on any atom is -0.351 e. The molecule has 0 spiro atoms. The number of unbranched alkanes of at least 4 members (excludes halogenated alkanes) is 1. The Labute approximate surface area is 121 Å². The summed E-state index contributed by atoms with van der Waals surface area (Å²) in [7, 11) is 0. The number of hydrogen-bond donors (Lipinski definition) is 1. The first-order chi connectivity index (χ1) is 9.36. The molecule has 100 valence electrons. The molecule has 0 saturated carbocycles. The number of nitrogens with zero attached hydrogens (tertiary/aromatic N) is 1. The highest BCUT2D eigenvalue weighted by Crippen LogP contribution is 2.15. The number of rotatable bonds is 7. The van der Waals surface area contributed by atoms with Gasteiger partial charge in [0.2, 0.25) is 0 Å². The van der Waals surface area contributed by atoms with E-state index in [1.165, 1.54) is 11.3 Å². The van der Waals surface area contributed by atoms with Gasteiger partial charge < -0.3 is 5.32 Å². The molecule has 0 aliphatic carbocycles. The number of nitrogens with one attached hydrogen (secondary N) is 1. The van der Waals surface area contributed by atoms with Gasteiger partial charge in [-0.1, -0.05) is 12.1 Å². The summed E-state index contributed by atoms with van der Waals surface area (Å²) >= 11 is 3.23. The third-order valence-corrected chi connectivity index (χ3v) is 4.39. The van der Waals surface area contributed by atoms with Crippen LogP contribution in [0.3, 0.4) is 0 Å². The number of pyridine rings is 1. The third kappa shape index (κ3) is 5.04. The highest BCUT2D eigenvalue weighted by Gasteiger charge is 2.04. The topological polar surface area (TPSA) is 42.0 Å². The highest BCUT2D eigenvalue weighted by atomic mass is 32.2. The second-order valence-corrected chi connectivity index (χ2v) is 6.02. The monoisotopic (exact) mass is 292 g/mol. The van der Waals surface area contributed by atoms with Gasteiger partial charge in [-0.3, -0.25) is 4.79 Å². The molecule has 1 amide bonds. The van der Waals surface area contributed by atoms with Gasteiger partial charge >= 0.3 is 0 Å². The lowest BCUT2D eigenvalue weighted by Crippen LogP contribution is -2.23. The predicted molar refractivity (Wildman–Crippen MR) is 80.8 cm³/mol. The summed E-state index contributed by atoms with van der Waals surface area (Å²) in [6.07, 6.45) is 3.88. The van der Waals surface area contributed by atoms with Crippen LogP contribution >= 0.6 is 23.1 Å². The van der Waals surface area contributed by atoms with E-state index in [4.69, 9.17) is 0 Å². The van der Waals surface area contributed by atoms with Gasteiger partial charge in [-0.2, -0.15) is 0 Å². The van der Waals surface area contributed by atoms with Crippen molar-refractivity contribution in [1.82, 2.24) is 10.3 Å². The molecule has 0 aromatic carbocycles. The molecule has 2 heterocycles. The van der Waals surface area contributed by atoms with E-state index in [1.54, 1.807) is 11.8 Å². The van der Waals surface area contributed by atoms with Crippen molar-refractivity contribution in [3.8, 4) is 0 Å². The Bertz CT molecular complexity index is 485. The number of aromatic nitrogens is 1. The lowest BCUT2D eigenvalue weighted by Gasteiger charge is -2.03. The summed E-state index contributed by atoms with van der Waals surface area (Å²) in [4.78, 5) is 16.7. The number of thioether (sulfide) groups is 1. The molecular formula is C14H16N2OS2. The lowest BCUT2D eigenvalue weighted by molar-refractivity contribution is 0.0957. The van der Waals surface area contributed by atoms with E-state index in [9.17, 15) is 4.79 Å². The maximum absolute atomic E-state index is 11.6. The largest absolute Gasteiger partial charge is 0.351 e. The summed E-state index contributed by atoms with van der Waals surface area (Å²) in [5.74, 6) is 1.07. The molecule has 2 rings (SSSR count). The fraction of sp³-hybridized carbons (Fsp3) is 0.286. The van der Waals surface area contributed by atoms with Gasteiger partial charge in [0.05, 0.1) is 9.90 Å². The van der Waals surface area contributed by atoms with E-state index in [2.05, 4.69) is 10.3 Å². The Kier molecular flexibility index (Phi) is 5.91. The van der Waals surface area contributed by atoms with E-state index in [0.717, 1.165) is 35.0 Å². The van der Waals surface area contributed by atoms with Crippen molar-refractivity contribution >= 4 is 29.0 Å². The molecule has 0 unspecified atom stereocenters. The summed E-state index contributed by atoms with van der Waals surface area (Å²) in [6.45, 7) is 0.736. The molecule has 2 aromatic rings. The summed E-state index contributed by atoms with van der Waals surface area (Å²) in [6, 6.07) is 9.67. The van der Waals surface area contributed by atoms with Crippen molar-refractivity contribution in [2.45, 2.75) is 17.9 Å². The standard InChI is InChI=1S/C14H16N2OS2/c17-14(12-6-5-11-18-12)16-9-3-4-10-19-13-7-1-2-8-15-13/h1-2,5-8,11H,3-4,9-10H2,(H,16,17). The highest BCUT2D eigenvalue weighted by molar-refractivity contribution is 7.99. The van der Waals surface area contributed by atoms with Crippen LogP contribution in [-0.2, 0) is 0 Å². The summed E-state index contributed by atoms with van der Waals surface area (Å²) < 4.78 is 0. The third-order valence-electron chi connectivity index (χ3n) is 2.49. The van der Waals surface area contributed by atoms with Crippen molar-refractivity contribution < 1.29 is 4.79 Å². The molecule has 19 heavy (non-hydrogen) atoms. The zero-order chi connectivity index (χ0) is 13.3. The SMILES string of the molecule is O=C(NCCCCSc1ccccn1)c1cccs1. The van der Waals surface area contributed by atoms with Gasteiger partial charge in [0, 0.05) is 12.7 Å². The van der Waals surface area contributed by atoms with Gasteiger partial charge in [0.25, 0.3) is 5.91 Å². The Morgan fingerprint density at radius 1 is 1.26 bits per heavy atom. The number of carbonyl (C=O) groups is 1. The van der Waals surface area contributed by atoms with E-state index >= 15 is 0 Å². The molecule has 0 bridgehead atoms. The van der Waals surface area contributed by atoms with E-state index < -0.39 is 0 Å². The minimum absolute atomic E-state index is 0.0346. The van der Waals surface area contributed by atoms with Crippen LogP contribution in [0.5, 0.6) is 0 Å². The van der Waals surface area contributed by atoms with Crippen molar-refractivity contribution in [3.63, 3.8) is 0 Å². The van der Waals surface area contributed by atoms with Crippen LogP contribution in [0.15, 0.2) is 46.9 Å².